The molecular weight excluding hydrogens is 290 g/mol. The van der Waals surface area contributed by atoms with Crippen LogP contribution in [0, 0.1) is 6.92 Å². The quantitative estimate of drug-likeness (QED) is 0.587. The van der Waals surface area contributed by atoms with E-state index in [9.17, 15) is 9.59 Å². The third-order valence-electron chi connectivity index (χ3n) is 3.73. The number of hydrogen-bond donors (Lipinski definition) is 1. The first-order chi connectivity index (χ1) is 11.1. The van der Waals surface area contributed by atoms with Gasteiger partial charge in [0.25, 0.3) is 0 Å². The molecule has 0 spiro atoms. The molecule has 0 amide bonds. The molecule has 0 aliphatic carbocycles. The number of aromatic amines is 1. The van der Waals surface area contributed by atoms with Gasteiger partial charge in [-0.2, -0.15) is 0 Å². The lowest BCUT2D eigenvalue weighted by Gasteiger charge is -2.05. The Morgan fingerprint density at radius 1 is 1.04 bits per heavy atom. The molecule has 1 heterocycles. The highest BCUT2D eigenvalue weighted by molar-refractivity contribution is 6.21. The van der Waals surface area contributed by atoms with Crippen molar-refractivity contribution in [3.05, 3.63) is 70.9 Å². The molecule has 3 rings (SSSR count). The molecule has 1 N–H and O–H groups in total. The van der Waals surface area contributed by atoms with E-state index < -0.39 is 5.97 Å². The van der Waals surface area contributed by atoms with Gasteiger partial charge in [-0.1, -0.05) is 48.0 Å². The molecule has 0 unspecified atom stereocenters. The van der Waals surface area contributed by atoms with Crippen LogP contribution in [0.15, 0.2) is 48.5 Å². The van der Waals surface area contributed by atoms with Crippen LogP contribution in [0.25, 0.3) is 10.9 Å². The van der Waals surface area contributed by atoms with E-state index in [1.165, 1.54) is 0 Å². The average molecular weight is 307 g/mol. The van der Waals surface area contributed by atoms with Crippen LogP contribution in [-0.2, 0) is 4.74 Å². The Labute approximate surface area is 134 Å². The number of aromatic nitrogens is 1. The fourth-order valence-electron chi connectivity index (χ4n) is 2.58. The summed E-state index contributed by atoms with van der Waals surface area (Å²) in [5.74, 6) is -0.704. The van der Waals surface area contributed by atoms with Crippen LogP contribution in [0.4, 0.5) is 0 Å². The highest BCUT2D eigenvalue weighted by Crippen LogP contribution is 2.26. The van der Waals surface area contributed by atoms with Crippen LogP contribution in [-0.4, -0.2) is 23.3 Å². The predicted octanol–water partition coefficient (Wildman–Crippen LogP) is 3.88. The number of benzene rings is 2. The molecule has 23 heavy (non-hydrogen) atoms. The van der Waals surface area contributed by atoms with Crippen LogP contribution >= 0.6 is 0 Å². The van der Waals surface area contributed by atoms with Gasteiger partial charge >= 0.3 is 5.97 Å². The minimum Gasteiger partial charge on any atom is -0.461 e. The molecule has 0 atom stereocenters. The number of aryl methyl sites for hydroxylation is 1. The van der Waals surface area contributed by atoms with Crippen molar-refractivity contribution >= 4 is 22.7 Å². The zero-order chi connectivity index (χ0) is 16.4. The summed E-state index contributed by atoms with van der Waals surface area (Å²) in [6.07, 6.45) is 0. The number of H-pyrrole nitrogens is 1. The largest absolute Gasteiger partial charge is 0.461 e. The highest BCUT2D eigenvalue weighted by atomic mass is 16.5. The van der Waals surface area contributed by atoms with Crippen molar-refractivity contribution in [2.75, 3.05) is 6.61 Å². The maximum Gasteiger partial charge on any atom is 0.355 e. The summed E-state index contributed by atoms with van der Waals surface area (Å²) in [5, 5.41) is 0.723. The first-order valence-electron chi connectivity index (χ1n) is 7.51. The molecule has 116 valence electrons. The van der Waals surface area contributed by atoms with E-state index in [0.29, 0.717) is 11.1 Å². The summed E-state index contributed by atoms with van der Waals surface area (Å²) < 4.78 is 5.08. The number of ketones is 1. The second-order valence-corrected chi connectivity index (χ2v) is 5.34. The summed E-state index contributed by atoms with van der Waals surface area (Å²) in [5.41, 5.74) is 2.93. The monoisotopic (exact) mass is 307 g/mol. The fourth-order valence-corrected chi connectivity index (χ4v) is 2.58. The van der Waals surface area contributed by atoms with Crippen molar-refractivity contribution in [2.45, 2.75) is 13.8 Å². The molecule has 4 heteroatoms. The lowest BCUT2D eigenvalue weighted by Crippen LogP contribution is -2.12. The molecule has 0 aliphatic rings. The summed E-state index contributed by atoms with van der Waals surface area (Å²) >= 11 is 0. The number of nitrogens with one attached hydrogen (secondary N) is 1. The van der Waals surface area contributed by atoms with Crippen LogP contribution in [0.5, 0.6) is 0 Å². The Kier molecular flexibility index (Phi) is 3.98. The second kappa shape index (κ2) is 6.08. The number of fused-ring (bicyclic) bond motifs is 1. The van der Waals surface area contributed by atoms with Gasteiger partial charge in [0.1, 0.15) is 5.69 Å². The van der Waals surface area contributed by atoms with Crippen molar-refractivity contribution in [1.82, 2.24) is 4.98 Å². The Hall–Kier alpha value is -2.88. The lowest BCUT2D eigenvalue weighted by molar-refractivity contribution is 0.0518. The SMILES string of the molecule is CCOC(=O)c1[nH]c2ccccc2c1C(=O)c1ccc(C)cc1. The normalized spacial score (nSPS) is 10.7. The molecule has 2 aromatic carbocycles. The van der Waals surface area contributed by atoms with Crippen molar-refractivity contribution < 1.29 is 14.3 Å². The molecule has 0 fully saturated rings. The molecular formula is C19H17NO3. The van der Waals surface area contributed by atoms with Gasteiger partial charge < -0.3 is 9.72 Å². The van der Waals surface area contributed by atoms with E-state index in [1.54, 1.807) is 19.1 Å². The van der Waals surface area contributed by atoms with E-state index in [1.807, 2.05) is 43.3 Å². The highest BCUT2D eigenvalue weighted by Gasteiger charge is 2.24. The van der Waals surface area contributed by atoms with E-state index in [2.05, 4.69) is 4.98 Å². The molecule has 0 saturated heterocycles. The minimum atomic E-state index is -0.515. The van der Waals surface area contributed by atoms with Crippen LogP contribution in [0.1, 0.15) is 38.9 Å². The number of ether oxygens (including phenoxy) is 1. The number of esters is 1. The van der Waals surface area contributed by atoms with E-state index >= 15 is 0 Å². The molecule has 3 aromatic rings. The molecule has 0 saturated carbocycles. The summed E-state index contributed by atoms with van der Waals surface area (Å²) in [6.45, 7) is 3.96. The van der Waals surface area contributed by atoms with Gasteiger partial charge in [0, 0.05) is 16.5 Å². The molecule has 4 nitrogen and oxygen atoms in total. The van der Waals surface area contributed by atoms with Gasteiger partial charge in [-0.05, 0) is 19.9 Å². The fraction of sp³-hybridized carbons (Fsp3) is 0.158. The zero-order valence-electron chi connectivity index (χ0n) is 13.1. The van der Waals surface area contributed by atoms with Gasteiger partial charge in [0.15, 0.2) is 5.78 Å². The first-order valence-corrected chi connectivity index (χ1v) is 7.51. The van der Waals surface area contributed by atoms with Gasteiger partial charge in [0.05, 0.1) is 12.2 Å². The van der Waals surface area contributed by atoms with E-state index in [0.717, 1.165) is 16.5 Å². The van der Waals surface area contributed by atoms with Crippen LogP contribution in [0.2, 0.25) is 0 Å². The average Bonchev–Trinajstić information content (AvgIpc) is 2.94. The number of carbonyl (C=O) groups excluding carboxylic acids is 2. The van der Waals surface area contributed by atoms with Crippen molar-refractivity contribution in [1.29, 1.82) is 0 Å². The third-order valence-corrected chi connectivity index (χ3v) is 3.73. The topological polar surface area (TPSA) is 59.2 Å². The summed E-state index contributed by atoms with van der Waals surface area (Å²) in [7, 11) is 0. The Morgan fingerprint density at radius 3 is 2.43 bits per heavy atom. The smallest absolute Gasteiger partial charge is 0.355 e. The third kappa shape index (κ3) is 2.75. The van der Waals surface area contributed by atoms with Gasteiger partial charge in [-0.3, -0.25) is 4.79 Å². The zero-order valence-corrected chi connectivity index (χ0v) is 13.1. The molecule has 0 radical (unpaired) electrons. The Morgan fingerprint density at radius 2 is 1.74 bits per heavy atom. The lowest BCUT2D eigenvalue weighted by atomic mass is 9.99. The maximum absolute atomic E-state index is 12.9. The van der Waals surface area contributed by atoms with Crippen molar-refractivity contribution in [3.63, 3.8) is 0 Å². The van der Waals surface area contributed by atoms with Crippen molar-refractivity contribution in [2.24, 2.45) is 0 Å². The van der Waals surface area contributed by atoms with Crippen LogP contribution < -0.4 is 0 Å². The Bertz CT molecular complexity index is 875. The number of rotatable bonds is 4. The Balaban J connectivity index is 2.17. The van der Waals surface area contributed by atoms with Gasteiger partial charge in [-0.25, -0.2) is 4.79 Å². The standard InChI is InChI=1S/C19H17NO3/c1-3-23-19(22)17-16(14-6-4-5-7-15(14)20-17)18(21)13-10-8-12(2)9-11-13/h4-11,20H,3H2,1-2H3. The maximum atomic E-state index is 12.9. The summed E-state index contributed by atoms with van der Waals surface area (Å²) in [4.78, 5) is 28.2. The number of hydrogen-bond acceptors (Lipinski definition) is 3. The van der Waals surface area contributed by atoms with Gasteiger partial charge in [-0.15, -0.1) is 0 Å². The minimum absolute atomic E-state index is 0.189. The van der Waals surface area contributed by atoms with E-state index in [4.69, 9.17) is 4.74 Å². The number of para-hydroxylation sites is 1. The first kappa shape index (κ1) is 15.0. The molecule has 1 aromatic heterocycles. The van der Waals surface area contributed by atoms with Crippen LogP contribution in [0.3, 0.4) is 0 Å². The van der Waals surface area contributed by atoms with E-state index in [-0.39, 0.29) is 18.1 Å². The predicted molar refractivity (Wildman–Crippen MR) is 88.9 cm³/mol. The molecule has 0 bridgehead atoms. The number of carbonyl (C=O) groups is 2. The van der Waals surface area contributed by atoms with Crippen molar-refractivity contribution in [3.8, 4) is 0 Å². The van der Waals surface area contributed by atoms with Gasteiger partial charge in [0.2, 0.25) is 0 Å². The second-order valence-electron chi connectivity index (χ2n) is 5.34. The molecule has 0 aliphatic heterocycles. The summed E-state index contributed by atoms with van der Waals surface area (Å²) in [6, 6.07) is 14.7.